The molecule has 0 saturated carbocycles. The minimum atomic E-state index is -1.35. The first-order valence-corrected chi connectivity index (χ1v) is 11.0. The van der Waals surface area contributed by atoms with Crippen molar-refractivity contribution in [3.8, 4) is 5.69 Å². The number of amides is 5. The molecular formula is C22H22N8O5. The van der Waals surface area contributed by atoms with Crippen LogP contribution in [-0.4, -0.2) is 91.4 Å². The van der Waals surface area contributed by atoms with E-state index in [2.05, 4.69) is 20.8 Å². The number of benzene rings is 1. The van der Waals surface area contributed by atoms with Gasteiger partial charge in [0.15, 0.2) is 5.76 Å². The summed E-state index contributed by atoms with van der Waals surface area (Å²) in [6.07, 6.45) is 2.85. The minimum absolute atomic E-state index is 0.240. The second kappa shape index (κ2) is 8.66. The summed E-state index contributed by atoms with van der Waals surface area (Å²) in [5.74, 6) is -0.898. The molecule has 35 heavy (non-hydrogen) atoms. The molecule has 0 bridgehead atoms. The fourth-order valence-corrected chi connectivity index (χ4v) is 4.23. The standard InChI is InChI=1S/C22H22N8O5/c1-22(15-4-2-5-16(12-15)30-14-23-25-26-30)20(33)29(21(34)24-22)13-18(31)27-7-9-28(10-8-27)19(32)17-6-3-11-35-17/h2-6,11-12,14H,7-10,13H2,1H3,(H,24,34). The molecule has 1 unspecified atom stereocenters. The molecule has 0 radical (unpaired) electrons. The SMILES string of the molecule is CC1(c2cccc(-n3cnnn3)c2)NC(=O)N(CC(=O)N2CCN(C(=O)c3ccco3)CC2)C1=O. The zero-order valence-corrected chi connectivity index (χ0v) is 18.8. The van der Waals surface area contributed by atoms with E-state index in [1.165, 1.54) is 17.3 Å². The Hall–Kier alpha value is -4.55. The Bertz CT molecular complexity index is 1270. The van der Waals surface area contributed by atoms with E-state index in [0.29, 0.717) is 37.4 Å². The van der Waals surface area contributed by atoms with Gasteiger partial charge in [-0.2, -0.15) is 0 Å². The van der Waals surface area contributed by atoms with Crippen LogP contribution in [0.5, 0.6) is 0 Å². The molecule has 1 atom stereocenters. The number of tetrazole rings is 1. The van der Waals surface area contributed by atoms with Crippen molar-refractivity contribution in [1.29, 1.82) is 0 Å². The van der Waals surface area contributed by atoms with E-state index >= 15 is 0 Å². The van der Waals surface area contributed by atoms with Gasteiger partial charge in [0.05, 0.1) is 12.0 Å². The molecule has 13 heteroatoms. The Labute approximate surface area is 199 Å². The van der Waals surface area contributed by atoms with Crippen LogP contribution in [0.2, 0.25) is 0 Å². The van der Waals surface area contributed by atoms with Crippen LogP contribution < -0.4 is 5.32 Å². The number of nitrogens with zero attached hydrogens (tertiary/aromatic N) is 7. The number of imide groups is 1. The number of hydrogen-bond donors (Lipinski definition) is 1. The van der Waals surface area contributed by atoms with Crippen LogP contribution in [0.25, 0.3) is 5.69 Å². The van der Waals surface area contributed by atoms with Crippen molar-refractivity contribution in [3.63, 3.8) is 0 Å². The maximum absolute atomic E-state index is 13.3. The highest BCUT2D eigenvalue weighted by atomic mass is 16.3. The summed E-state index contributed by atoms with van der Waals surface area (Å²) in [7, 11) is 0. The van der Waals surface area contributed by atoms with Gasteiger partial charge in [0.2, 0.25) is 5.91 Å². The van der Waals surface area contributed by atoms with E-state index in [1.54, 1.807) is 53.1 Å². The number of furan rings is 1. The van der Waals surface area contributed by atoms with Gasteiger partial charge in [0.1, 0.15) is 18.4 Å². The smallest absolute Gasteiger partial charge is 0.325 e. The quantitative estimate of drug-likeness (QED) is 0.505. The van der Waals surface area contributed by atoms with Crippen LogP contribution in [0.1, 0.15) is 23.0 Å². The van der Waals surface area contributed by atoms with Gasteiger partial charge in [-0.1, -0.05) is 12.1 Å². The Morgan fingerprint density at radius 3 is 2.54 bits per heavy atom. The Morgan fingerprint density at radius 1 is 1.09 bits per heavy atom. The zero-order valence-electron chi connectivity index (χ0n) is 18.8. The van der Waals surface area contributed by atoms with E-state index < -0.39 is 17.5 Å². The van der Waals surface area contributed by atoms with Crippen molar-refractivity contribution in [2.45, 2.75) is 12.5 Å². The van der Waals surface area contributed by atoms with Crippen LogP contribution in [0.15, 0.2) is 53.4 Å². The van der Waals surface area contributed by atoms with Crippen LogP contribution in [-0.2, 0) is 15.1 Å². The molecule has 2 aromatic heterocycles. The zero-order chi connectivity index (χ0) is 24.6. The number of rotatable bonds is 5. The molecule has 180 valence electrons. The fraction of sp³-hybridized carbons (Fsp3) is 0.318. The summed E-state index contributed by atoms with van der Waals surface area (Å²) >= 11 is 0. The number of carbonyl (C=O) groups excluding carboxylic acids is 4. The number of urea groups is 1. The van der Waals surface area contributed by atoms with Crippen LogP contribution in [0.4, 0.5) is 4.79 Å². The highest BCUT2D eigenvalue weighted by Crippen LogP contribution is 2.30. The van der Waals surface area contributed by atoms with Crippen LogP contribution in [0.3, 0.4) is 0 Å². The monoisotopic (exact) mass is 478 g/mol. The molecule has 5 rings (SSSR count). The third kappa shape index (κ3) is 4.00. The highest BCUT2D eigenvalue weighted by molar-refractivity contribution is 6.09. The normalized spacial score (nSPS) is 20.3. The first kappa shape index (κ1) is 22.3. The van der Waals surface area contributed by atoms with Crippen molar-refractivity contribution >= 4 is 23.8 Å². The average Bonchev–Trinajstić information content (AvgIpc) is 3.64. The second-order valence-corrected chi connectivity index (χ2v) is 8.40. The fourth-order valence-electron chi connectivity index (χ4n) is 4.23. The summed E-state index contributed by atoms with van der Waals surface area (Å²) < 4.78 is 6.58. The van der Waals surface area contributed by atoms with Gasteiger partial charge in [0.25, 0.3) is 11.8 Å². The van der Waals surface area contributed by atoms with E-state index in [1.807, 2.05) is 0 Å². The van der Waals surface area contributed by atoms with Gasteiger partial charge in [-0.05, 0) is 47.2 Å². The maximum Gasteiger partial charge on any atom is 0.325 e. The number of aromatic nitrogens is 4. The molecule has 1 aromatic carbocycles. The lowest BCUT2D eigenvalue weighted by Gasteiger charge is -2.34. The van der Waals surface area contributed by atoms with Crippen molar-refractivity contribution in [2.75, 3.05) is 32.7 Å². The van der Waals surface area contributed by atoms with E-state index in [9.17, 15) is 19.2 Å². The maximum atomic E-state index is 13.3. The molecule has 2 aliphatic heterocycles. The molecule has 5 amide bonds. The van der Waals surface area contributed by atoms with Crippen molar-refractivity contribution in [3.05, 3.63) is 60.3 Å². The Balaban J connectivity index is 1.24. The lowest BCUT2D eigenvalue weighted by Crippen LogP contribution is -2.53. The Kier molecular flexibility index (Phi) is 5.51. The molecule has 13 nitrogen and oxygen atoms in total. The van der Waals surface area contributed by atoms with Crippen molar-refractivity contribution in [2.24, 2.45) is 0 Å². The number of nitrogens with one attached hydrogen (secondary N) is 1. The van der Waals surface area contributed by atoms with Gasteiger partial charge in [0, 0.05) is 26.2 Å². The van der Waals surface area contributed by atoms with Crippen molar-refractivity contribution < 1.29 is 23.6 Å². The first-order valence-electron chi connectivity index (χ1n) is 11.0. The highest BCUT2D eigenvalue weighted by Gasteiger charge is 2.50. The van der Waals surface area contributed by atoms with Gasteiger partial charge >= 0.3 is 6.03 Å². The summed E-state index contributed by atoms with van der Waals surface area (Å²) in [5.41, 5.74) is -0.202. The predicted molar refractivity (Wildman–Crippen MR) is 118 cm³/mol. The largest absolute Gasteiger partial charge is 0.459 e. The number of piperazine rings is 1. The van der Waals surface area contributed by atoms with Crippen LogP contribution in [0, 0.1) is 0 Å². The molecule has 0 aliphatic carbocycles. The van der Waals surface area contributed by atoms with Gasteiger partial charge in [-0.25, -0.2) is 9.48 Å². The molecule has 1 N–H and O–H groups in total. The molecule has 3 aromatic rings. The first-order chi connectivity index (χ1) is 16.9. The van der Waals surface area contributed by atoms with Crippen molar-refractivity contribution in [1.82, 2.24) is 40.2 Å². The molecular weight excluding hydrogens is 456 g/mol. The topological polar surface area (TPSA) is 147 Å². The number of carbonyl (C=O) groups is 4. The summed E-state index contributed by atoms with van der Waals surface area (Å²) in [6.45, 7) is 2.44. The van der Waals surface area contributed by atoms with E-state index in [4.69, 9.17) is 4.42 Å². The lowest BCUT2D eigenvalue weighted by atomic mass is 9.91. The Morgan fingerprint density at radius 2 is 1.86 bits per heavy atom. The van der Waals surface area contributed by atoms with Gasteiger partial charge in [-0.3, -0.25) is 19.3 Å². The summed E-state index contributed by atoms with van der Waals surface area (Å²) in [4.78, 5) is 55.4. The van der Waals surface area contributed by atoms with Crippen LogP contribution >= 0.6 is 0 Å². The van der Waals surface area contributed by atoms with E-state index in [0.717, 1.165) is 4.90 Å². The minimum Gasteiger partial charge on any atom is -0.459 e. The molecule has 0 spiro atoms. The number of hydrogen-bond acceptors (Lipinski definition) is 8. The van der Waals surface area contributed by atoms with Gasteiger partial charge in [-0.15, -0.1) is 5.10 Å². The lowest BCUT2D eigenvalue weighted by molar-refractivity contribution is -0.139. The van der Waals surface area contributed by atoms with Gasteiger partial charge < -0.3 is 19.5 Å². The molecule has 2 saturated heterocycles. The van der Waals surface area contributed by atoms with E-state index in [-0.39, 0.29) is 24.1 Å². The third-order valence-electron chi connectivity index (χ3n) is 6.26. The molecule has 2 aliphatic rings. The average molecular weight is 478 g/mol. The predicted octanol–water partition coefficient (Wildman–Crippen LogP) is 0.00690. The second-order valence-electron chi connectivity index (χ2n) is 8.40. The molecule has 2 fully saturated rings. The summed E-state index contributed by atoms with van der Waals surface area (Å²) in [5, 5.41) is 13.8. The third-order valence-corrected chi connectivity index (χ3v) is 6.26. The summed E-state index contributed by atoms with van der Waals surface area (Å²) in [6, 6.07) is 9.50. The molecule has 4 heterocycles.